The number of amides is 1. The predicted octanol–water partition coefficient (Wildman–Crippen LogP) is 1.81. The number of rotatable bonds is 7. The Kier molecular flexibility index (Phi) is 5.55. The highest BCUT2D eigenvalue weighted by molar-refractivity contribution is 5.99. The first-order valence-electron chi connectivity index (χ1n) is 7.35. The van der Waals surface area contributed by atoms with E-state index in [4.69, 9.17) is 4.74 Å². The summed E-state index contributed by atoms with van der Waals surface area (Å²) in [6, 6.07) is 7.72. The number of carbonyl (C=O) groups is 1. The molecule has 1 aromatic heterocycles. The van der Waals surface area contributed by atoms with E-state index in [1.165, 1.54) is 0 Å². The molecule has 1 amide bonds. The van der Waals surface area contributed by atoms with Crippen LogP contribution in [0.2, 0.25) is 0 Å². The highest BCUT2D eigenvalue weighted by atomic mass is 16.5. The van der Waals surface area contributed by atoms with Gasteiger partial charge >= 0.3 is 0 Å². The van der Waals surface area contributed by atoms with Gasteiger partial charge in [0, 0.05) is 18.2 Å². The summed E-state index contributed by atoms with van der Waals surface area (Å²) < 4.78 is 5.14. The molecule has 0 fully saturated rings. The van der Waals surface area contributed by atoms with E-state index in [9.17, 15) is 4.79 Å². The van der Waals surface area contributed by atoms with Gasteiger partial charge in [0.2, 0.25) is 0 Å². The maximum atomic E-state index is 12.3. The second kappa shape index (κ2) is 7.61. The SMILES string of the molecule is CCN[C@H](C)CNC(=O)c1cn[nH]c1-c1ccc(OC)cc1. The lowest BCUT2D eigenvalue weighted by molar-refractivity contribution is 0.0951. The van der Waals surface area contributed by atoms with Gasteiger partial charge in [-0.15, -0.1) is 0 Å². The van der Waals surface area contributed by atoms with Gasteiger partial charge in [0.15, 0.2) is 0 Å². The second-order valence-corrected chi connectivity index (χ2v) is 5.06. The number of hydrogen-bond donors (Lipinski definition) is 3. The third-order valence-electron chi connectivity index (χ3n) is 3.38. The van der Waals surface area contributed by atoms with Crippen molar-refractivity contribution in [1.82, 2.24) is 20.8 Å². The molecule has 1 atom stereocenters. The fourth-order valence-corrected chi connectivity index (χ4v) is 2.20. The van der Waals surface area contributed by atoms with Crippen LogP contribution in [0.4, 0.5) is 0 Å². The topological polar surface area (TPSA) is 79.0 Å². The number of benzene rings is 1. The smallest absolute Gasteiger partial charge is 0.255 e. The molecule has 0 radical (unpaired) electrons. The van der Waals surface area contributed by atoms with Gasteiger partial charge in [-0.25, -0.2) is 0 Å². The van der Waals surface area contributed by atoms with Crippen molar-refractivity contribution in [2.45, 2.75) is 19.9 Å². The number of aromatic amines is 1. The summed E-state index contributed by atoms with van der Waals surface area (Å²) in [5, 5.41) is 13.0. The molecular formula is C16H22N4O2. The fraction of sp³-hybridized carbons (Fsp3) is 0.375. The van der Waals surface area contributed by atoms with E-state index in [2.05, 4.69) is 20.8 Å². The Morgan fingerprint density at radius 2 is 2.09 bits per heavy atom. The third-order valence-corrected chi connectivity index (χ3v) is 3.38. The van der Waals surface area contributed by atoms with E-state index >= 15 is 0 Å². The lowest BCUT2D eigenvalue weighted by atomic mass is 10.1. The zero-order chi connectivity index (χ0) is 15.9. The van der Waals surface area contributed by atoms with Crippen LogP contribution < -0.4 is 15.4 Å². The molecule has 0 spiro atoms. The van der Waals surface area contributed by atoms with E-state index in [1.807, 2.05) is 38.1 Å². The van der Waals surface area contributed by atoms with Gasteiger partial charge in [-0.2, -0.15) is 5.10 Å². The largest absolute Gasteiger partial charge is 0.497 e. The molecular weight excluding hydrogens is 280 g/mol. The number of aromatic nitrogens is 2. The molecule has 6 heteroatoms. The van der Waals surface area contributed by atoms with Crippen molar-refractivity contribution in [3.8, 4) is 17.0 Å². The van der Waals surface area contributed by atoms with Gasteiger partial charge in [0.1, 0.15) is 5.75 Å². The molecule has 2 aromatic rings. The number of nitrogens with one attached hydrogen (secondary N) is 3. The Morgan fingerprint density at radius 3 is 2.73 bits per heavy atom. The van der Waals surface area contributed by atoms with Crippen LogP contribution in [0.3, 0.4) is 0 Å². The molecule has 0 bridgehead atoms. The minimum atomic E-state index is -0.135. The van der Waals surface area contributed by atoms with Gasteiger partial charge in [-0.05, 0) is 37.7 Å². The molecule has 0 aliphatic heterocycles. The summed E-state index contributed by atoms with van der Waals surface area (Å²) in [5.41, 5.74) is 2.13. The van der Waals surface area contributed by atoms with Crippen molar-refractivity contribution in [2.75, 3.05) is 20.2 Å². The molecule has 0 aliphatic rings. The van der Waals surface area contributed by atoms with Crippen LogP contribution in [0.25, 0.3) is 11.3 Å². The summed E-state index contributed by atoms with van der Waals surface area (Å²) in [6.45, 7) is 5.51. The molecule has 0 saturated carbocycles. The van der Waals surface area contributed by atoms with Crippen molar-refractivity contribution in [3.05, 3.63) is 36.0 Å². The Bertz CT molecular complexity index is 607. The van der Waals surface area contributed by atoms with Crippen molar-refractivity contribution >= 4 is 5.91 Å². The number of methoxy groups -OCH3 is 1. The monoisotopic (exact) mass is 302 g/mol. The van der Waals surface area contributed by atoms with Crippen LogP contribution in [-0.4, -0.2) is 42.3 Å². The zero-order valence-corrected chi connectivity index (χ0v) is 13.1. The highest BCUT2D eigenvalue weighted by Crippen LogP contribution is 2.23. The predicted molar refractivity (Wildman–Crippen MR) is 86.0 cm³/mol. The molecule has 3 N–H and O–H groups in total. The minimum Gasteiger partial charge on any atom is -0.497 e. The van der Waals surface area contributed by atoms with Gasteiger partial charge in [0.25, 0.3) is 5.91 Å². The molecule has 2 rings (SSSR count). The van der Waals surface area contributed by atoms with Crippen molar-refractivity contribution < 1.29 is 9.53 Å². The quantitative estimate of drug-likeness (QED) is 0.729. The molecule has 1 aromatic carbocycles. The van der Waals surface area contributed by atoms with E-state index in [0.29, 0.717) is 17.8 Å². The van der Waals surface area contributed by atoms with E-state index in [-0.39, 0.29) is 11.9 Å². The lowest BCUT2D eigenvalue weighted by Gasteiger charge is -2.13. The summed E-state index contributed by atoms with van der Waals surface area (Å²) >= 11 is 0. The summed E-state index contributed by atoms with van der Waals surface area (Å²) in [4.78, 5) is 12.3. The highest BCUT2D eigenvalue weighted by Gasteiger charge is 2.15. The first-order valence-corrected chi connectivity index (χ1v) is 7.35. The standard InChI is InChI=1S/C16H22N4O2/c1-4-17-11(2)9-18-16(21)14-10-19-20-15(14)12-5-7-13(22-3)8-6-12/h5-8,10-11,17H,4,9H2,1-3H3,(H,18,21)(H,19,20)/t11-/m1/s1. The number of hydrogen-bond acceptors (Lipinski definition) is 4. The second-order valence-electron chi connectivity index (χ2n) is 5.06. The summed E-state index contributed by atoms with van der Waals surface area (Å²) in [7, 11) is 1.62. The fourth-order valence-electron chi connectivity index (χ4n) is 2.20. The van der Waals surface area contributed by atoms with Crippen LogP contribution in [0.5, 0.6) is 5.75 Å². The Balaban J connectivity index is 2.09. The number of ether oxygens (including phenoxy) is 1. The minimum absolute atomic E-state index is 0.135. The van der Waals surface area contributed by atoms with E-state index in [1.54, 1.807) is 13.3 Å². The van der Waals surface area contributed by atoms with Crippen LogP contribution in [0.1, 0.15) is 24.2 Å². The van der Waals surface area contributed by atoms with Gasteiger partial charge in [-0.1, -0.05) is 6.92 Å². The Labute approximate surface area is 130 Å². The van der Waals surface area contributed by atoms with Gasteiger partial charge < -0.3 is 15.4 Å². The number of H-pyrrole nitrogens is 1. The Hall–Kier alpha value is -2.34. The first kappa shape index (κ1) is 16.0. The van der Waals surface area contributed by atoms with E-state index < -0.39 is 0 Å². The van der Waals surface area contributed by atoms with Crippen LogP contribution in [0, 0.1) is 0 Å². The average molecular weight is 302 g/mol. The van der Waals surface area contributed by atoms with Crippen molar-refractivity contribution in [2.24, 2.45) is 0 Å². The zero-order valence-electron chi connectivity index (χ0n) is 13.1. The van der Waals surface area contributed by atoms with Crippen LogP contribution in [-0.2, 0) is 0 Å². The molecule has 22 heavy (non-hydrogen) atoms. The van der Waals surface area contributed by atoms with Crippen molar-refractivity contribution in [3.63, 3.8) is 0 Å². The Morgan fingerprint density at radius 1 is 1.36 bits per heavy atom. The molecule has 6 nitrogen and oxygen atoms in total. The van der Waals surface area contributed by atoms with Crippen LogP contribution >= 0.6 is 0 Å². The number of nitrogens with zero attached hydrogens (tertiary/aromatic N) is 1. The van der Waals surface area contributed by atoms with E-state index in [0.717, 1.165) is 17.9 Å². The first-order chi connectivity index (χ1) is 10.7. The van der Waals surface area contributed by atoms with Gasteiger partial charge in [0.05, 0.1) is 24.6 Å². The summed E-state index contributed by atoms with van der Waals surface area (Å²) in [6.07, 6.45) is 1.55. The van der Waals surface area contributed by atoms with Gasteiger partial charge in [-0.3, -0.25) is 9.89 Å². The average Bonchev–Trinajstić information content (AvgIpc) is 3.02. The molecule has 0 saturated heterocycles. The summed E-state index contributed by atoms with van der Waals surface area (Å²) in [5.74, 6) is 0.637. The number of likely N-dealkylation sites (N-methyl/N-ethyl adjacent to an activating group) is 1. The molecule has 118 valence electrons. The lowest BCUT2D eigenvalue weighted by Crippen LogP contribution is -2.38. The number of carbonyl (C=O) groups excluding carboxylic acids is 1. The third kappa shape index (κ3) is 3.85. The van der Waals surface area contributed by atoms with Crippen LogP contribution in [0.15, 0.2) is 30.5 Å². The maximum absolute atomic E-state index is 12.3. The van der Waals surface area contributed by atoms with Crippen molar-refractivity contribution in [1.29, 1.82) is 0 Å². The normalized spacial score (nSPS) is 12.0. The molecule has 0 aliphatic carbocycles. The maximum Gasteiger partial charge on any atom is 0.255 e. The molecule has 0 unspecified atom stereocenters. The molecule has 1 heterocycles.